The molecule has 13 heavy (non-hydrogen) atoms. The van der Waals surface area contributed by atoms with Crippen LogP contribution >= 0.6 is 0 Å². The first-order valence-electron chi connectivity index (χ1n) is 3.71. The van der Waals surface area contributed by atoms with Gasteiger partial charge in [0.2, 0.25) is 5.91 Å². The van der Waals surface area contributed by atoms with Gasteiger partial charge in [-0.05, 0) is 0 Å². The number of imidazole rings is 1. The Morgan fingerprint density at radius 2 is 2.46 bits per heavy atom. The normalized spacial score (nSPS) is 12.5. The van der Waals surface area contributed by atoms with E-state index in [2.05, 4.69) is 10.3 Å². The van der Waals surface area contributed by atoms with Crippen LogP contribution in [0.4, 0.5) is 0 Å². The highest BCUT2D eigenvalue weighted by atomic mass is 32.2. The molecule has 1 amide bonds. The van der Waals surface area contributed by atoms with Gasteiger partial charge >= 0.3 is 0 Å². The fourth-order valence-corrected chi connectivity index (χ4v) is 1.90. The van der Waals surface area contributed by atoms with E-state index in [1.165, 1.54) is 7.05 Å². The van der Waals surface area contributed by atoms with Crippen molar-refractivity contribution in [2.45, 2.75) is 5.16 Å². The Morgan fingerprint density at radius 1 is 1.77 bits per heavy atom. The highest BCUT2D eigenvalue weighted by molar-refractivity contribution is 7.85. The second-order valence-electron chi connectivity index (χ2n) is 2.48. The molecule has 72 valence electrons. The van der Waals surface area contributed by atoms with E-state index in [1.54, 1.807) is 24.0 Å². The van der Waals surface area contributed by atoms with Gasteiger partial charge in [-0.15, -0.1) is 0 Å². The van der Waals surface area contributed by atoms with Crippen LogP contribution in [0.1, 0.15) is 0 Å². The largest absolute Gasteiger partial charge is 0.358 e. The number of nitrogens with zero attached hydrogens (tertiary/aromatic N) is 2. The van der Waals surface area contributed by atoms with Crippen molar-refractivity contribution in [1.29, 1.82) is 0 Å². The summed E-state index contributed by atoms with van der Waals surface area (Å²) in [5, 5.41) is 2.83. The Bertz CT molecular complexity index is 334. The molecule has 0 saturated heterocycles. The Hall–Kier alpha value is -1.17. The maximum absolute atomic E-state index is 11.5. The van der Waals surface area contributed by atoms with Crippen molar-refractivity contribution in [3.8, 4) is 0 Å². The predicted molar refractivity (Wildman–Crippen MR) is 48.6 cm³/mol. The van der Waals surface area contributed by atoms with Crippen LogP contribution in [-0.4, -0.2) is 32.5 Å². The molecule has 1 rings (SSSR count). The molecule has 1 heterocycles. The van der Waals surface area contributed by atoms with E-state index in [0.717, 1.165) is 0 Å². The molecule has 0 radical (unpaired) electrons. The summed E-state index contributed by atoms with van der Waals surface area (Å²) in [6.07, 6.45) is 3.24. The summed E-state index contributed by atoms with van der Waals surface area (Å²) in [5.41, 5.74) is 0. The standard InChI is InChI=1S/C7H11N3O2S/c1-8-6(11)5-13(12)7-9-3-4-10(7)2/h3-4H,5H2,1-2H3,(H,8,11). The molecular formula is C7H11N3O2S. The third kappa shape index (κ3) is 2.38. The molecule has 0 aliphatic rings. The molecule has 0 spiro atoms. The molecule has 0 fully saturated rings. The molecule has 0 saturated carbocycles. The van der Waals surface area contributed by atoms with Crippen LogP contribution in [0.25, 0.3) is 0 Å². The van der Waals surface area contributed by atoms with Crippen molar-refractivity contribution in [1.82, 2.24) is 14.9 Å². The second-order valence-corrected chi connectivity index (χ2v) is 3.83. The quantitative estimate of drug-likeness (QED) is 0.701. The summed E-state index contributed by atoms with van der Waals surface area (Å²) in [6.45, 7) is 0. The van der Waals surface area contributed by atoms with Crippen LogP contribution in [0, 0.1) is 0 Å². The first kappa shape index (κ1) is 9.91. The average molecular weight is 201 g/mol. The smallest absolute Gasteiger partial charge is 0.232 e. The Morgan fingerprint density at radius 3 is 2.92 bits per heavy atom. The number of rotatable bonds is 3. The van der Waals surface area contributed by atoms with E-state index in [0.29, 0.717) is 5.16 Å². The lowest BCUT2D eigenvalue weighted by Gasteiger charge is -2.00. The fraction of sp³-hybridized carbons (Fsp3) is 0.429. The number of carbonyl (C=O) groups excluding carboxylic acids is 1. The van der Waals surface area contributed by atoms with Crippen molar-refractivity contribution >= 4 is 16.7 Å². The minimum Gasteiger partial charge on any atom is -0.358 e. The van der Waals surface area contributed by atoms with Gasteiger partial charge < -0.3 is 9.88 Å². The summed E-state index contributed by atoms with van der Waals surface area (Å²) < 4.78 is 13.1. The fourth-order valence-electron chi connectivity index (χ4n) is 0.827. The summed E-state index contributed by atoms with van der Waals surface area (Å²) in [6, 6.07) is 0. The van der Waals surface area contributed by atoms with Gasteiger partial charge in [0.05, 0.1) is 10.8 Å². The second kappa shape index (κ2) is 4.18. The van der Waals surface area contributed by atoms with Gasteiger partial charge in [-0.2, -0.15) is 0 Å². The zero-order valence-corrected chi connectivity index (χ0v) is 8.30. The lowest BCUT2D eigenvalue weighted by atomic mass is 10.7. The van der Waals surface area contributed by atoms with E-state index in [1.807, 2.05) is 0 Å². The molecule has 1 N–H and O–H groups in total. The monoisotopic (exact) mass is 201 g/mol. The molecule has 5 nitrogen and oxygen atoms in total. The number of hydrogen-bond donors (Lipinski definition) is 1. The highest BCUT2D eigenvalue weighted by Gasteiger charge is 2.12. The van der Waals surface area contributed by atoms with Crippen LogP contribution in [0.15, 0.2) is 17.6 Å². The van der Waals surface area contributed by atoms with E-state index in [-0.39, 0.29) is 11.7 Å². The number of nitrogens with one attached hydrogen (secondary N) is 1. The number of carbonyl (C=O) groups is 1. The SMILES string of the molecule is CNC(=O)CS(=O)c1nccn1C. The molecule has 6 heteroatoms. The minimum absolute atomic E-state index is 0.0403. The van der Waals surface area contributed by atoms with Crippen LogP contribution in [0.3, 0.4) is 0 Å². The highest BCUT2D eigenvalue weighted by Crippen LogP contribution is 2.01. The Balaban J connectivity index is 2.69. The minimum atomic E-state index is -1.35. The van der Waals surface area contributed by atoms with Crippen molar-refractivity contribution in [3.63, 3.8) is 0 Å². The maximum atomic E-state index is 11.5. The first-order valence-corrected chi connectivity index (χ1v) is 5.03. The Kier molecular flexibility index (Phi) is 3.18. The van der Waals surface area contributed by atoms with E-state index < -0.39 is 10.8 Å². The van der Waals surface area contributed by atoms with Gasteiger partial charge in [0, 0.05) is 26.5 Å². The molecule has 1 aromatic rings. The van der Waals surface area contributed by atoms with Crippen LogP contribution in [-0.2, 0) is 22.6 Å². The van der Waals surface area contributed by atoms with Crippen molar-refractivity contribution < 1.29 is 9.00 Å². The van der Waals surface area contributed by atoms with Crippen LogP contribution < -0.4 is 5.32 Å². The van der Waals surface area contributed by atoms with Gasteiger partial charge in [-0.25, -0.2) is 4.98 Å². The molecule has 0 bridgehead atoms. The molecule has 0 aliphatic heterocycles. The molecule has 0 aliphatic carbocycles. The average Bonchev–Trinajstić information content (AvgIpc) is 2.51. The molecule has 1 aromatic heterocycles. The number of hydrogen-bond acceptors (Lipinski definition) is 3. The molecule has 0 aromatic carbocycles. The van der Waals surface area contributed by atoms with Gasteiger partial charge in [0.15, 0.2) is 5.16 Å². The summed E-state index contributed by atoms with van der Waals surface area (Å²) in [7, 11) is 1.90. The number of aryl methyl sites for hydroxylation is 1. The summed E-state index contributed by atoms with van der Waals surface area (Å²) in [5.74, 6) is -0.289. The van der Waals surface area contributed by atoms with E-state index in [4.69, 9.17) is 0 Å². The first-order chi connectivity index (χ1) is 6.15. The van der Waals surface area contributed by atoms with Gasteiger partial charge in [-0.1, -0.05) is 0 Å². The van der Waals surface area contributed by atoms with E-state index >= 15 is 0 Å². The lowest BCUT2D eigenvalue weighted by Crippen LogP contribution is -2.25. The van der Waals surface area contributed by atoms with Crippen LogP contribution in [0.5, 0.6) is 0 Å². The van der Waals surface area contributed by atoms with Gasteiger partial charge in [-0.3, -0.25) is 9.00 Å². The Labute approximate surface area is 78.6 Å². The summed E-state index contributed by atoms with van der Waals surface area (Å²) >= 11 is 0. The van der Waals surface area contributed by atoms with Crippen molar-refractivity contribution in [2.24, 2.45) is 7.05 Å². The van der Waals surface area contributed by atoms with Crippen molar-refractivity contribution in [3.05, 3.63) is 12.4 Å². The molecule has 1 unspecified atom stereocenters. The third-order valence-corrected chi connectivity index (χ3v) is 2.85. The topological polar surface area (TPSA) is 64.0 Å². The zero-order chi connectivity index (χ0) is 9.84. The predicted octanol–water partition coefficient (Wildman–Crippen LogP) is -0.726. The van der Waals surface area contributed by atoms with Crippen molar-refractivity contribution in [2.75, 3.05) is 12.8 Å². The van der Waals surface area contributed by atoms with Gasteiger partial charge in [0.1, 0.15) is 5.75 Å². The molecular weight excluding hydrogens is 190 g/mol. The zero-order valence-electron chi connectivity index (χ0n) is 7.48. The lowest BCUT2D eigenvalue weighted by molar-refractivity contribution is -0.118. The van der Waals surface area contributed by atoms with Crippen LogP contribution in [0.2, 0.25) is 0 Å². The third-order valence-electron chi connectivity index (χ3n) is 1.52. The number of aromatic nitrogens is 2. The van der Waals surface area contributed by atoms with E-state index in [9.17, 15) is 9.00 Å². The number of amides is 1. The maximum Gasteiger partial charge on any atom is 0.232 e. The summed E-state index contributed by atoms with van der Waals surface area (Å²) in [4.78, 5) is 14.8. The van der Waals surface area contributed by atoms with Gasteiger partial charge in [0.25, 0.3) is 0 Å². The molecule has 1 atom stereocenters.